The third kappa shape index (κ3) is 2.51. The molecule has 0 unspecified atom stereocenters. The summed E-state index contributed by atoms with van der Waals surface area (Å²) in [5.74, 6) is 0. The summed E-state index contributed by atoms with van der Waals surface area (Å²) in [5, 5.41) is 8.77. The summed E-state index contributed by atoms with van der Waals surface area (Å²) in [6, 6.07) is 7.94. The predicted molar refractivity (Wildman–Crippen MR) is 82.5 cm³/mol. The van der Waals surface area contributed by atoms with Crippen LogP contribution in [0.3, 0.4) is 0 Å². The highest BCUT2D eigenvalue weighted by atomic mass is 79.9. The lowest BCUT2D eigenvalue weighted by molar-refractivity contribution is 0.774. The molecule has 0 aliphatic carbocycles. The highest BCUT2D eigenvalue weighted by Crippen LogP contribution is 2.19. The molecular weight excluding hydrogens is 318 g/mol. The van der Waals surface area contributed by atoms with Crippen molar-refractivity contribution in [1.82, 2.24) is 19.7 Å². The summed E-state index contributed by atoms with van der Waals surface area (Å²) < 4.78 is 2.64. The number of halogens is 1. The fourth-order valence-corrected chi connectivity index (χ4v) is 2.53. The van der Waals surface area contributed by atoms with Gasteiger partial charge in [0.25, 0.3) is 0 Å². The van der Waals surface area contributed by atoms with Gasteiger partial charge in [0.15, 0.2) is 5.65 Å². The van der Waals surface area contributed by atoms with E-state index in [0.29, 0.717) is 6.54 Å². The Hall–Kier alpha value is -1.95. The van der Waals surface area contributed by atoms with Gasteiger partial charge in [0.2, 0.25) is 0 Å². The zero-order valence-electron chi connectivity index (χ0n) is 11.3. The van der Waals surface area contributed by atoms with Crippen molar-refractivity contribution in [1.29, 1.82) is 0 Å². The van der Waals surface area contributed by atoms with Crippen molar-refractivity contribution < 1.29 is 0 Å². The number of fused-ring (bicyclic) bond motifs is 1. The van der Waals surface area contributed by atoms with E-state index in [-0.39, 0.29) is 0 Å². The van der Waals surface area contributed by atoms with Crippen molar-refractivity contribution in [3.8, 4) is 0 Å². The van der Waals surface area contributed by atoms with Crippen LogP contribution in [0.5, 0.6) is 0 Å². The van der Waals surface area contributed by atoms with Gasteiger partial charge >= 0.3 is 0 Å². The van der Waals surface area contributed by atoms with Gasteiger partial charge < -0.3 is 5.32 Å². The molecule has 0 atom stereocenters. The van der Waals surface area contributed by atoms with Crippen molar-refractivity contribution in [2.24, 2.45) is 7.05 Å². The molecule has 5 nitrogen and oxygen atoms in total. The molecule has 0 spiro atoms. The molecule has 0 saturated heterocycles. The minimum Gasteiger partial charge on any atom is -0.378 e. The van der Waals surface area contributed by atoms with Crippen molar-refractivity contribution >= 4 is 32.7 Å². The van der Waals surface area contributed by atoms with E-state index >= 15 is 0 Å². The molecule has 102 valence electrons. The lowest BCUT2D eigenvalue weighted by atomic mass is 10.2. The SMILES string of the molecule is Cc1nn(C)c2ncc(NCc3cccc(Br)n3)cc12. The van der Waals surface area contributed by atoms with Gasteiger partial charge in [0.1, 0.15) is 4.60 Å². The minimum absolute atomic E-state index is 0.659. The highest BCUT2D eigenvalue weighted by Gasteiger charge is 2.07. The van der Waals surface area contributed by atoms with Gasteiger partial charge in [-0.3, -0.25) is 4.68 Å². The number of aryl methyl sites for hydroxylation is 2. The fraction of sp³-hybridized carbons (Fsp3) is 0.214. The van der Waals surface area contributed by atoms with E-state index < -0.39 is 0 Å². The van der Waals surface area contributed by atoms with E-state index in [1.54, 1.807) is 4.68 Å². The smallest absolute Gasteiger partial charge is 0.157 e. The first-order chi connectivity index (χ1) is 9.63. The first-order valence-electron chi connectivity index (χ1n) is 6.28. The number of nitrogens with zero attached hydrogens (tertiary/aromatic N) is 4. The molecule has 6 heteroatoms. The van der Waals surface area contributed by atoms with Crippen LogP contribution in [-0.2, 0) is 13.6 Å². The molecule has 3 heterocycles. The maximum Gasteiger partial charge on any atom is 0.157 e. The normalized spacial score (nSPS) is 10.9. The molecule has 20 heavy (non-hydrogen) atoms. The monoisotopic (exact) mass is 331 g/mol. The van der Waals surface area contributed by atoms with Crippen LogP contribution < -0.4 is 5.32 Å². The summed E-state index contributed by atoms with van der Waals surface area (Å²) in [6.07, 6.45) is 1.82. The zero-order valence-corrected chi connectivity index (χ0v) is 12.8. The van der Waals surface area contributed by atoms with Crippen LogP contribution in [0, 0.1) is 6.92 Å². The number of rotatable bonds is 3. The Labute approximate surface area is 125 Å². The van der Waals surface area contributed by atoms with E-state index in [1.165, 1.54) is 0 Å². The van der Waals surface area contributed by atoms with Crippen molar-refractivity contribution in [3.05, 3.63) is 46.5 Å². The van der Waals surface area contributed by atoms with E-state index in [9.17, 15) is 0 Å². The third-order valence-corrected chi connectivity index (χ3v) is 3.55. The second kappa shape index (κ2) is 5.20. The molecule has 3 aromatic rings. The molecule has 0 radical (unpaired) electrons. The molecule has 0 aliphatic heterocycles. The average molecular weight is 332 g/mol. The van der Waals surface area contributed by atoms with Crippen LogP contribution in [0.2, 0.25) is 0 Å². The molecule has 0 aromatic carbocycles. The molecule has 0 fully saturated rings. The van der Waals surface area contributed by atoms with E-state index in [2.05, 4.69) is 42.4 Å². The first-order valence-corrected chi connectivity index (χ1v) is 7.07. The van der Waals surface area contributed by atoms with Crippen molar-refractivity contribution in [2.45, 2.75) is 13.5 Å². The minimum atomic E-state index is 0.659. The fourth-order valence-electron chi connectivity index (χ4n) is 2.15. The second-order valence-electron chi connectivity index (χ2n) is 4.61. The largest absolute Gasteiger partial charge is 0.378 e. The summed E-state index contributed by atoms with van der Waals surface area (Å²) >= 11 is 3.37. The lowest BCUT2D eigenvalue weighted by Crippen LogP contribution is -2.02. The van der Waals surface area contributed by atoms with Crippen molar-refractivity contribution in [3.63, 3.8) is 0 Å². The van der Waals surface area contributed by atoms with Gasteiger partial charge in [-0.15, -0.1) is 0 Å². The van der Waals surface area contributed by atoms with E-state index in [0.717, 1.165) is 32.7 Å². The van der Waals surface area contributed by atoms with E-state index in [1.807, 2.05) is 38.4 Å². The van der Waals surface area contributed by atoms with Crippen molar-refractivity contribution in [2.75, 3.05) is 5.32 Å². The Morgan fingerprint density at radius 2 is 2.20 bits per heavy atom. The van der Waals surface area contributed by atoms with Crippen LogP contribution in [0.4, 0.5) is 5.69 Å². The Balaban J connectivity index is 1.83. The summed E-state index contributed by atoms with van der Waals surface area (Å²) in [4.78, 5) is 8.83. The third-order valence-electron chi connectivity index (χ3n) is 3.11. The lowest BCUT2D eigenvalue weighted by Gasteiger charge is -2.06. The van der Waals surface area contributed by atoms with Gasteiger partial charge in [-0.1, -0.05) is 6.07 Å². The van der Waals surface area contributed by atoms with Gasteiger partial charge in [-0.25, -0.2) is 9.97 Å². The van der Waals surface area contributed by atoms with Gasteiger partial charge in [-0.2, -0.15) is 5.10 Å². The zero-order chi connectivity index (χ0) is 14.1. The molecule has 0 amide bonds. The van der Waals surface area contributed by atoms with Crippen LogP contribution in [0.1, 0.15) is 11.4 Å². The summed E-state index contributed by atoms with van der Waals surface area (Å²) in [5.41, 5.74) is 3.82. The first kappa shape index (κ1) is 13.1. The molecule has 0 aliphatic rings. The standard InChI is InChI=1S/C14H14BrN5/c1-9-12-6-11(8-17-14(12)20(2)19-9)16-7-10-4-3-5-13(15)18-10/h3-6,8,16H,7H2,1-2H3. The second-order valence-corrected chi connectivity index (χ2v) is 5.42. The Kier molecular flexibility index (Phi) is 3.40. The van der Waals surface area contributed by atoms with Crippen LogP contribution >= 0.6 is 15.9 Å². The van der Waals surface area contributed by atoms with Crippen LogP contribution in [0.25, 0.3) is 11.0 Å². The summed E-state index contributed by atoms with van der Waals surface area (Å²) in [7, 11) is 1.90. The number of nitrogens with one attached hydrogen (secondary N) is 1. The van der Waals surface area contributed by atoms with E-state index in [4.69, 9.17) is 0 Å². The molecule has 1 N–H and O–H groups in total. The van der Waals surface area contributed by atoms with Gasteiger partial charge in [0.05, 0.1) is 29.8 Å². The van der Waals surface area contributed by atoms with Crippen LogP contribution in [-0.4, -0.2) is 19.7 Å². The predicted octanol–water partition coefficient (Wildman–Crippen LogP) is 3.05. The number of aromatic nitrogens is 4. The Bertz CT molecular complexity index is 765. The van der Waals surface area contributed by atoms with Crippen LogP contribution in [0.15, 0.2) is 35.1 Å². The average Bonchev–Trinajstić information content (AvgIpc) is 2.72. The maximum atomic E-state index is 4.44. The number of hydrogen-bond acceptors (Lipinski definition) is 4. The Morgan fingerprint density at radius 3 is 3.00 bits per heavy atom. The summed E-state index contributed by atoms with van der Waals surface area (Å²) in [6.45, 7) is 2.65. The van der Waals surface area contributed by atoms with Gasteiger partial charge in [-0.05, 0) is 41.1 Å². The maximum absolute atomic E-state index is 4.44. The number of hydrogen-bond donors (Lipinski definition) is 1. The molecule has 0 saturated carbocycles. The topological polar surface area (TPSA) is 55.6 Å². The quantitative estimate of drug-likeness (QED) is 0.749. The molecule has 0 bridgehead atoms. The molecule has 3 aromatic heterocycles. The highest BCUT2D eigenvalue weighted by molar-refractivity contribution is 9.10. The Morgan fingerprint density at radius 1 is 1.35 bits per heavy atom. The van der Waals surface area contributed by atoms with Gasteiger partial charge in [0, 0.05) is 12.4 Å². The molecular formula is C14H14BrN5. The molecule has 3 rings (SSSR count). The number of pyridine rings is 2. The number of anilines is 1.